The van der Waals surface area contributed by atoms with E-state index in [0.717, 1.165) is 5.56 Å². The summed E-state index contributed by atoms with van der Waals surface area (Å²) in [6, 6.07) is 10.5. The van der Waals surface area contributed by atoms with Gasteiger partial charge < -0.3 is 5.32 Å². The minimum absolute atomic E-state index is 0.309. The van der Waals surface area contributed by atoms with Gasteiger partial charge in [0.25, 0.3) is 0 Å². The van der Waals surface area contributed by atoms with Crippen LogP contribution < -0.4 is 11.0 Å². The Morgan fingerprint density at radius 1 is 1.04 bits per heavy atom. The number of aromatic nitrogens is 7. The molecule has 0 fully saturated rings. The molecular weight excluding hydrogens is 403 g/mol. The van der Waals surface area contributed by atoms with E-state index in [4.69, 9.17) is 23.2 Å². The van der Waals surface area contributed by atoms with Crippen LogP contribution in [-0.2, 0) is 6.54 Å². The number of nitrogens with zero attached hydrogens (tertiary/aromatic N) is 7. The second-order valence-corrected chi connectivity index (χ2v) is 6.38. The molecule has 140 valence electrons. The van der Waals surface area contributed by atoms with Crippen LogP contribution in [0.4, 0.5) is 5.95 Å². The van der Waals surface area contributed by atoms with E-state index in [9.17, 15) is 4.79 Å². The zero-order chi connectivity index (χ0) is 19.5. The number of tetrazole rings is 1. The van der Waals surface area contributed by atoms with E-state index in [1.165, 1.54) is 15.4 Å². The maximum absolute atomic E-state index is 12.0. The maximum Gasteiger partial charge on any atom is 0.353 e. The minimum Gasteiger partial charge on any atom is -0.349 e. The summed E-state index contributed by atoms with van der Waals surface area (Å²) in [6.45, 7) is 0.309. The Hall–Kier alpha value is -3.30. The Kier molecular flexibility index (Phi) is 5.00. The summed E-state index contributed by atoms with van der Waals surface area (Å²) >= 11 is 12.3. The molecule has 0 aliphatic heterocycles. The third kappa shape index (κ3) is 3.45. The highest BCUT2D eigenvalue weighted by Gasteiger charge is 2.14. The average molecular weight is 415 g/mol. The van der Waals surface area contributed by atoms with Gasteiger partial charge in [-0.1, -0.05) is 40.4 Å². The van der Waals surface area contributed by atoms with Crippen molar-refractivity contribution in [1.82, 2.24) is 34.7 Å². The largest absolute Gasteiger partial charge is 0.353 e. The van der Waals surface area contributed by atoms with Crippen LogP contribution in [-0.4, -0.2) is 34.7 Å². The Bertz CT molecular complexity index is 1190. The molecule has 4 aromatic rings. The minimum atomic E-state index is -0.419. The average Bonchev–Trinajstić information content (AvgIpc) is 3.17. The van der Waals surface area contributed by atoms with E-state index in [2.05, 4.69) is 30.8 Å². The Balaban J connectivity index is 1.65. The predicted octanol–water partition coefficient (Wildman–Crippen LogP) is 2.52. The Labute approximate surface area is 168 Å². The van der Waals surface area contributed by atoms with Crippen molar-refractivity contribution >= 4 is 29.2 Å². The third-order valence-electron chi connectivity index (χ3n) is 3.87. The van der Waals surface area contributed by atoms with Crippen molar-refractivity contribution in [3.05, 3.63) is 81.1 Å². The van der Waals surface area contributed by atoms with Gasteiger partial charge in [-0.15, -0.1) is 0 Å². The standard InChI is InChI=1S/C17H12Cl2N8O/c18-12-5-1-6-13(14(12)19)27-16(23-24-25-27)22-10-11-4-2-7-20-15(11)26-9-3-8-21-17(26)28/h1-9H,10H2,(H,22,23,25). The molecule has 0 bridgehead atoms. The van der Waals surface area contributed by atoms with E-state index < -0.39 is 5.69 Å². The lowest BCUT2D eigenvalue weighted by atomic mass is 10.2. The summed E-state index contributed by atoms with van der Waals surface area (Å²) in [5, 5.41) is 15.5. The van der Waals surface area contributed by atoms with E-state index in [-0.39, 0.29) is 0 Å². The van der Waals surface area contributed by atoms with E-state index in [1.807, 2.05) is 6.07 Å². The van der Waals surface area contributed by atoms with Gasteiger partial charge in [0.15, 0.2) is 0 Å². The van der Waals surface area contributed by atoms with Crippen molar-refractivity contribution in [3.8, 4) is 11.5 Å². The molecule has 1 aromatic carbocycles. The van der Waals surface area contributed by atoms with E-state index in [0.29, 0.717) is 34.0 Å². The molecule has 0 radical (unpaired) electrons. The molecule has 4 rings (SSSR count). The van der Waals surface area contributed by atoms with Gasteiger partial charge in [-0.2, -0.15) is 4.68 Å². The predicted molar refractivity (Wildman–Crippen MR) is 104 cm³/mol. The highest BCUT2D eigenvalue weighted by atomic mass is 35.5. The molecule has 3 aromatic heterocycles. The second kappa shape index (κ2) is 7.75. The number of benzene rings is 1. The van der Waals surface area contributed by atoms with Gasteiger partial charge in [-0.3, -0.25) is 4.57 Å². The second-order valence-electron chi connectivity index (χ2n) is 5.60. The molecule has 0 saturated heterocycles. The zero-order valence-corrected chi connectivity index (χ0v) is 15.7. The number of hydrogen-bond donors (Lipinski definition) is 1. The number of rotatable bonds is 5. The topological polar surface area (TPSA) is 103 Å². The smallest absolute Gasteiger partial charge is 0.349 e. The van der Waals surface area contributed by atoms with Gasteiger partial charge in [0.1, 0.15) is 5.82 Å². The lowest BCUT2D eigenvalue weighted by Crippen LogP contribution is -2.22. The number of anilines is 1. The quantitative estimate of drug-likeness (QED) is 0.534. The third-order valence-corrected chi connectivity index (χ3v) is 4.68. The fraction of sp³-hybridized carbons (Fsp3) is 0.0588. The molecule has 0 spiro atoms. The van der Waals surface area contributed by atoms with Crippen LogP contribution in [0.3, 0.4) is 0 Å². The first kappa shape index (κ1) is 18.1. The van der Waals surface area contributed by atoms with Crippen molar-refractivity contribution < 1.29 is 0 Å². The number of pyridine rings is 1. The molecule has 0 amide bonds. The van der Waals surface area contributed by atoms with Crippen LogP contribution in [0.15, 0.2) is 59.8 Å². The lowest BCUT2D eigenvalue weighted by Gasteiger charge is -2.12. The number of hydrogen-bond acceptors (Lipinski definition) is 7. The highest BCUT2D eigenvalue weighted by molar-refractivity contribution is 6.43. The van der Waals surface area contributed by atoms with Gasteiger partial charge in [-0.25, -0.2) is 14.8 Å². The van der Waals surface area contributed by atoms with Crippen molar-refractivity contribution in [2.75, 3.05) is 5.32 Å². The summed E-state index contributed by atoms with van der Waals surface area (Å²) < 4.78 is 2.81. The normalized spacial score (nSPS) is 10.8. The molecule has 0 aliphatic carbocycles. The molecule has 3 heterocycles. The van der Waals surface area contributed by atoms with Crippen LogP contribution in [0.2, 0.25) is 10.0 Å². The van der Waals surface area contributed by atoms with Crippen molar-refractivity contribution in [2.24, 2.45) is 0 Å². The molecule has 1 N–H and O–H groups in total. The zero-order valence-electron chi connectivity index (χ0n) is 14.2. The highest BCUT2D eigenvalue weighted by Crippen LogP contribution is 2.29. The van der Waals surface area contributed by atoms with Crippen molar-refractivity contribution in [2.45, 2.75) is 6.54 Å². The van der Waals surface area contributed by atoms with Crippen molar-refractivity contribution in [3.63, 3.8) is 0 Å². The first-order valence-corrected chi connectivity index (χ1v) is 8.85. The van der Waals surface area contributed by atoms with Crippen molar-refractivity contribution in [1.29, 1.82) is 0 Å². The van der Waals surface area contributed by atoms with E-state index in [1.54, 1.807) is 42.7 Å². The molecular formula is C17H12Cl2N8O. The first-order chi connectivity index (χ1) is 13.6. The summed E-state index contributed by atoms with van der Waals surface area (Å²) in [5.74, 6) is 0.824. The Morgan fingerprint density at radius 2 is 1.89 bits per heavy atom. The first-order valence-electron chi connectivity index (χ1n) is 8.10. The monoisotopic (exact) mass is 414 g/mol. The molecule has 28 heavy (non-hydrogen) atoms. The van der Waals surface area contributed by atoms with Gasteiger partial charge in [0, 0.05) is 30.7 Å². The summed E-state index contributed by atoms with van der Waals surface area (Å²) in [7, 11) is 0. The SMILES string of the molecule is O=c1ncccn1-c1ncccc1CNc1nnnn1-c1cccc(Cl)c1Cl. The summed E-state index contributed by atoms with van der Waals surface area (Å²) in [4.78, 5) is 20.1. The van der Waals surface area contributed by atoms with Crippen LogP contribution in [0, 0.1) is 0 Å². The molecule has 0 atom stereocenters. The molecule has 0 saturated carbocycles. The number of halogens is 2. The van der Waals surface area contributed by atoms with Gasteiger partial charge >= 0.3 is 5.69 Å². The van der Waals surface area contributed by atoms with Gasteiger partial charge in [0.2, 0.25) is 5.95 Å². The van der Waals surface area contributed by atoms with Gasteiger partial charge in [-0.05, 0) is 34.7 Å². The van der Waals surface area contributed by atoms with Crippen LogP contribution in [0.5, 0.6) is 0 Å². The summed E-state index contributed by atoms with van der Waals surface area (Å²) in [5.41, 5.74) is 0.874. The summed E-state index contributed by atoms with van der Waals surface area (Å²) in [6.07, 6.45) is 4.65. The maximum atomic E-state index is 12.0. The van der Waals surface area contributed by atoms with Crippen LogP contribution in [0.1, 0.15) is 5.56 Å². The fourth-order valence-electron chi connectivity index (χ4n) is 2.59. The van der Waals surface area contributed by atoms with Crippen LogP contribution in [0.25, 0.3) is 11.5 Å². The van der Waals surface area contributed by atoms with Crippen LogP contribution >= 0.6 is 23.2 Å². The fourth-order valence-corrected chi connectivity index (χ4v) is 2.97. The molecule has 9 nitrogen and oxygen atoms in total. The lowest BCUT2D eigenvalue weighted by molar-refractivity contribution is 0.788. The van der Waals surface area contributed by atoms with E-state index >= 15 is 0 Å². The Morgan fingerprint density at radius 3 is 2.75 bits per heavy atom. The van der Waals surface area contributed by atoms with Gasteiger partial charge in [0.05, 0.1) is 15.7 Å². The molecule has 0 unspecified atom stereocenters. The molecule has 11 heteroatoms. The number of nitrogens with one attached hydrogen (secondary N) is 1. The molecule has 0 aliphatic rings.